The van der Waals surface area contributed by atoms with E-state index in [9.17, 15) is 0 Å². The Kier molecular flexibility index (Phi) is 4.54. The SMILES string of the molecule is CC.CC(C)C1C=Nc2ccccc2C1. The van der Waals surface area contributed by atoms with E-state index in [1.165, 1.54) is 5.56 Å². The molecule has 1 aliphatic heterocycles. The van der Waals surface area contributed by atoms with Crippen LogP contribution < -0.4 is 0 Å². The van der Waals surface area contributed by atoms with Crippen molar-refractivity contribution in [3.8, 4) is 0 Å². The van der Waals surface area contributed by atoms with Gasteiger partial charge in [-0.15, -0.1) is 0 Å². The molecular formula is C14H21N. The number of rotatable bonds is 1. The van der Waals surface area contributed by atoms with Crippen molar-refractivity contribution in [1.29, 1.82) is 0 Å². The van der Waals surface area contributed by atoms with Crippen LogP contribution in [0.2, 0.25) is 0 Å². The molecule has 0 fully saturated rings. The van der Waals surface area contributed by atoms with Crippen LogP contribution in [0.25, 0.3) is 0 Å². The van der Waals surface area contributed by atoms with Gasteiger partial charge in [0.15, 0.2) is 0 Å². The highest BCUT2D eigenvalue weighted by Gasteiger charge is 2.16. The van der Waals surface area contributed by atoms with Crippen molar-refractivity contribution in [3.05, 3.63) is 29.8 Å². The lowest BCUT2D eigenvalue weighted by Gasteiger charge is -2.21. The summed E-state index contributed by atoms with van der Waals surface area (Å²) in [6.07, 6.45) is 3.25. The zero-order valence-corrected chi connectivity index (χ0v) is 10.2. The summed E-state index contributed by atoms with van der Waals surface area (Å²) in [4.78, 5) is 4.47. The van der Waals surface area contributed by atoms with Crippen LogP contribution in [0.3, 0.4) is 0 Å². The number of hydrogen-bond donors (Lipinski definition) is 0. The minimum Gasteiger partial charge on any atom is -0.261 e. The van der Waals surface area contributed by atoms with Gasteiger partial charge in [-0.3, -0.25) is 4.99 Å². The third kappa shape index (κ3) is 2.92. The lowest BCUT2D eigenvalue weighted by Crippen LogP contribution is -2.16. The monoisotopic (exact) mass is 203 g/mol. The van der Waals surface area contributed by atoms with Crippen LogP contribution in [-0.2, 0) is 6.42 Å². The van der Waals surface area contributed by atoms with Gasteiger partial charge in [-0.1, -0.05) is 45.9 Å². The Hall–Kier alpha value is -1.11. The van der Waals surface area contributed by atoms with E-state index in [0.29, 0.717) is 11.8 Å². The highest BCUT2D eigenvalue weighted by Crippen LogP contribution is 2.28. The second-order valence-electron chi connectivity index (χ2n) is 4.02. The smallest absolute Gasteiger partial charge is 0.0658 e. The van der Waals surface area contributed by atoms with Crippen LogP contribution >= 0.6 is 0 Å². The number of benzene rings is 1. The molecule has 1 heteroatoms. The first-order valence-electron chi connectivity index (χ1n) is 5.89. The molecular weight excluding hydrogens is 182 g/mol. The van der Waals surface area contributed by atoms with Crippen molar-refractivity contribution < 1.29 is 0 Å². The summed E-state index contributed by atoms with van der Waals surface area (Å²) < 4.78 is 0. The van der Waals surface area contributed by atoms with Crippen molar-refractivity contribution in [1.82, 2.24) is 0 Å². The normalized spacial score (nSPS) is 18.1. The van der Waals surface area contributed by atoms with E-state index >= 15 is 0 Å². The topological polar surface area (TPSA) is 12.4 Å². The van der Waals surface area contributed by atoms with E-state index in [2.05, 4.69) is 43.3 Å². The fraction of sp³-hybridized carbons (Fsp3) is 0.500. The van der Waals surface area contributed by atoms with E-state index in [4.69, 9.17) is 0 Å². The van der Waals surface area contributed by atoms with Crippen LogP contribution in [0.15, 0.2) is 29.3 Å². The number of nitrogens with zero attached hydrogens (tertiary/aromatic N) is 1. The van der Waals surface area contributed by atoms with E-state index in [1.54, 1.807) is 0 Å². The van der Waals surface area contributed by atoms with E-state index in [0.717, 1.165) is 12.1 Å². The summed E-state index contributed by atoms with van der Waals surface area (Å²) >= 11 is 0. The first kappa shape index (κ1) is 12.0. The molecule has 1 aliphatic rings. The van der Waals surface area contributed by atoms with Crippen LogP contribution in [0, 0.1) is 11.8 Å². The van der Waals surface area contributed by atoms with Crippen molar-refractivity contribution in [2.75, 3.05) is 0 Å². The fourth-order valence-electron chi connectivity index (χ4n) is 1.70. The van der Waals surface area contributed by atoms with Crippen LogP contribution in [-0.4, -0.2) is 6.21 Å². The molecule has 1 aromatic rings. The summed E-state index contributed by atoms with van der Waals surface area (Å²) in [6.45, 7) is 8.51. The third-order valence-corrected chi connectivity index (χ3v) is 2.71. The standard InChI is InChI=1S/C12H15N.C2H6/c1-9(2)11-7-10-5-3-4-6-12(10)13-8-11;1-2/h3-6,8-9,11H,7H2,1-2H3;1-2H3. The summed E-state index contributed by atoms with van der Waals surface area (Å²) in [5.74, 6) is 1.31. The fourth-order valence-corrected chi connectivity index (χ4v) is 1.70. The molecule has 1 unspecified atom stereocenters. The van der Waals surface area contributed by atoms with Crippen LogP contribution in [0.1, 0.15) is 33.3 Å². The number of para-hydroxylation sites is 1. The van der Waals surface area contributed by atoms with Gasteiger partial charge in [0.1, 0.15) is 0 Å². The third-order valence-electron chi connectivity index (χ3n) is 2.71. The van der Waals surface area contributed by atoms with Gasteiger partial charge in [0.25, 0.3) is 0 Å². The molecule has 0 aliphatic carbocycles. The summed E-state index contributed by atoms with van der Waals surface area (Å²) in [5, 5.41) is 0. The first-order chi connectivity index (χ1) is 7.27. The lowest BCUT2D eigenvalue weighted by atomic mass is 9.88. The number of fused-ring (bicyclic) bond motifs is 1. The molecule has 0 N–H and O–H groups in total. The largest absolute Gasteiger partial charge is 0.261 e. The molecule has 1 aromatic carbocycles. The van der Waals surface area contributed by atoms with E-state index in [-0.39, 0.29) is 0 Å². The highest BCUT2D eigenvalue weighted by atomic mass is 14.7. The Morgan fingerprint density at radius 1 is 1.20 bits per heavy atom. The molecule has 1 nitrogen and oxygen atoms in total. The average Bonchev–Trinajstić information content (AvgIpc) is 2.31. The Morgan fingerprint density at radius 3 is 2.53 bits per heavy atom. The molecule has 15 heavy (non-hydrogen) atoms. The second-order valence-corrected chi connectivity index (χ2v) is 4.02. The van der Waals surface area contributed by atoms with Crippen LogP contribution in [0.5, 0.6) is 0 Å². The zero-order valence-electron chi connectivity index (χ0n) is 10.2. The highest BCUT2D eigenvalue weighted by molar-refractivity contribution is 5.71. The number of hydrogen-bond acceptors (Lipinski definition) is 1. The molecule has 0 spiro atoms. The van der Waals surface area contributed by atoms with Gasteiger partial charge < -0.3 is 0 Å². The molecule has 0 bridgehead atoms. The van der Waals surface area contributed by atoms with Crippen molar-refractivity contribution >= 4 is 11.9 Å². The van der Waals surface area contributed by atoms with Crippen molar-refractivity contribution in [3.63, 3.8) is 0 Å². The summed E-state index contributed by atoms with van der Waals surface area (Å²) in [6, 6.07) is 8.41. The Labute approximate surface area is 93.2 Å². The number of aliphatic imine (C=N–C) groups is 1. The molecule has 2 rings (SSSR count). The maximum Gasteiger partial charge on any atom is 0.0658 e. The summed E-state index contributed by atoms with van der Waals surface area (Å²) in [5.41, 5.74) is 2.54. The molecule has 1 heterocycles. The zero-order chi connectivity index (χ0) is 11.3. The van der Waals surface area contributed by atoms with E-state index in [1.807, 2.05) is 19.9 Å². The van der Waals surface area contributed by atoms with Crippen LogP contribution in [0.4, 0.5) is 5.69 Å². The predicted molar refractivity (Wildman–Crippen MR) is 68.0 cm³/mol. The average molecular weight is 203 g/mol. The maximum absolute atomic E-state index is 4.47. The Balaban J connectivity index is 0.000000531. The quantitative estimate of drug-likeness (QED) is 0.647. The van der Waals surface area contributed by atoms with Gasteiger partial charge in [-0.2, -0.15) is 0 Å². The Morgan fingerprint density at radius 2 is 1.87 bits per heavy atom. The molecule has 1 atom stereocenters. The van der Waals surface area contributed by atoms with Gasteiger partial charge in [-0.25, -0.2) is 0 Å². The minimum absolute atomic E-state index is 0.620. The van der Waals surface area contributed by atoms with Gasteiger partial charge in [0.05, 0.1) is 5.69 Å². The molecule has 0 amide bonds. The molecule has 0 radical (unpaired) electrons. The van der Waals surface area contributed by atoms with Crippen molar-refractivity contribution in [2.45, 2.75) is 34.1 Å². The summed E-state index contributed by atoms with van der Waals surface area (Å²) in [7, 11) is 0. The molecule has 0 saturated heterocycles. The van der Waals surface area contributed by atoms with Gasteiger partial charge in [-0.05, 0) is 24.0 Å². The molecule has 0 aromatic heterocycles. The molecule has 82 valence electrons. The first-order valence-corrected chi connectivity index (χ1v) is 5.89. The van der Waals surface area contributed by atoms with Gasteiger partial charge >= 0.3 is 0 Å². The van der Waals surface area contributed by atoms with E-state index < -0.39 is 0 Å². The molecule has 0 saturated carbocycles. The van der Waals surface area contributed by atoms with Gasteiger partial charge in [0.2, 0.25) is 0 Å². The van der Waals surface area contributed by atoms with Gasteiger partial charge in [0, 0.05) is 12.1 Å². The maximum atomic E-state index is 4.47. The Bertz CT molecular complexity index is 326. The second kappa shape index (κ2) is 5.69. The van der Waals surface area contributed by atoms with Crippen molar-refractivity contribution in [2.24, 2.45) is 16.8 Å². The lowest BCUT2D eigenvalue weighted by molar-refractivity contribution is 0.496. The predicted octanol–water partition coefficient (Wildman–Crippen LogP) is 4.24. The minimum atomic E-state index is 0.620.